The highest BCUT2D eigenvalue weighted by Gasteiger charge is 2.16. The number of carbonyl (C=O) groups is 1. The maximum atomic E-state index is 13.6. The lowest BCUT2D eigenvalue weighted by molar-refractivity contribution is 0.0772. The zero-order valence-corrected chi connectivity index (χ0v) is 10.6. The molecule has 0 heterocycles. The summed E-state index contributed by atoms with van der Waals surface area (Å²) in [5.41, 5.74) is 1.63. The topological polar surface area (TPSA) is 20.3 Å². The first kappa shape index (κ1) is 13.4. The van der Waals surface area contributed by atoms with Gasteiger partial charge in [0, 0.05) is 24.2 Å². The molecule has 17 heavy (non-hydrogen) atoms. The van der Waals surface area contributed by atoms with Gasteiger partial charge >= 0.3 is 0 Å². The van der Waals surface area contributed by atoms with Crippen LogP contribution in [0.2, 0.25) is 0 Å². The van der Waals surface area contributed by atoms with Crippen LogP contribution in [0, 0.1) is 12.7 Å². The number of aryl methyl sites for hydroxylation is 1. The van der Waals surface area contributed by atoms with Gasteiger partial charge < -0.3 is 4.90 Å². The highest BCUT2D eigenvalue weighted by atomic mass is 19.1. The minimum absolute atomic E-state index is 0.123. The molecule has 0 unspecified atom stereocenters. The van der Waals surface area contributed by atoms with E-state index in [1.54, 1.807) is 11.0 Å². The summed E-state index contributed by atoms with van der Waals surface area (Å²) in [5, 5.41) is 0. The molecule has 92 valence electrons. The van der Waals surface area contributed by atoms with Crippen LogP contribution in [0.5, 0.6) is 0 Å². The van der Waals surface area contributed by atoms with Gasteiger partial charge in [-0.2, -0.15) is 0 Å². The van der Waals surface area contributed by atoms with Gasteiger partial charge in [0.15, 0.2) is 0 Å². The Morgan fingerprint density at radius 3 is 2.47 bits per heavy atom. The first-order valence-corrected chi connectivity index (χ1v) is 5.77. The molecule has 0 aromatic heterocycles. The molecule has 0 aliphatic rings. The second kappa shape index (κ2) is 5.62. The van der Waals surface area contributed by atoms with Crippen molar-refractivity contribution in [3.8, 4) is 0 Å². The zero-order valence-electron chi connectivity index (χ0n) is 10.6. The predicted molar refractivity (Wildman–Crippen MR) is 68.5 cm³/mol. The number of nitrogens with zero attached hydrogens (tertiary/aromatic N) is 1. The van der Waals surface area contributed by atoms with E-state index in [0.29, 0.717) is 24.2 Å². The van der Waals surface area contributed by atoms with Crippen LogP contribution in [-0.4, -0.2) is 23.9 Å². The Morgan fingerprint density at radius 2 is 2.00 bits per heavy atom. The zero-order chi connectivity index (χ0) is 13.0. The molecule has 3 heteroatoms. The van der Waals surface area contributed by atoms with E-state index in [9.17, 15) is 9.18 Å². The minimum atomic E-state index is -0.402. The third-order valence-corrected chi connectivity index (χ3v) is 2.84. The van der Waals surface area contributed by atoms with Crippen LogP contribution in [0.3, 0.4) is 0 Å². The van der Waals surface area contributed by atoms with Crippen molar-refractivity contribution in [1.29, 1.82) is 0 Å². The Balaban J connectivity index is 3.19. The third kappa shape index (κ3) is 2.73. The summed E-state index contributed by atoms with van der Waals surface area (Å²) in [5.74, 6) is -0.525. The number of amides is 1. The quantitative estimate of drug-likeness (QED) is 0.784. The molecule has 0 bridgehead atoms. The van der Waals surface area contributed by atoms with Crippen molar-refractivity contribution in [2.45, 2.75) is 20.8 Å². The molecular formula is C14H18FNO. The fourth-order valence-corrected chi connectivity index (χ4v) is 1.77. The number of benzene rings is 1. The highest BCUT2D eigenvalue weighted by Crippen LogP contribution is 2.18. The maximum absolute atomic E-state index is 13.6. The van der Waals surface area contributed by atoms with Crippen molar-refractivity contribution < 1.29 is 9.18 Å². The number of hydrogen-bond acceptors (Lipinski definition) is 1. The van der Waals surface area contributed by atoms with Crippen LogP contribution in [0.25, 0.3) is 6.08 Å². The molecule has 0 saturated carbocycles. The van der Waals surface area contributed by atoms with Crippen molar-refractivity contribution in [3.63, 3.8) is 0 Å². The van der Waals surface area contributed by atoms with Gasteiger partial charge in [-0.25, -0.2) is 4.39 Å². The molecule has 2 nitrogen and oxygen atoms in total. The van der Waals surface area contributed by atoms with Gasteiger partial charge in [-0.1, -0.05) is 12.7 Å². The van der Waals surface area contributed by atoms with Gasteiger partial charge in [-0.15, -0.1) is 0 Å². The van der Waals surface area contributed by atoms with Crippen LogP contribution in [0.4, 0.5) is 4.39 Å². The van der Waals surface area contributed by atoms with Crippen molar-refractivity contribution >= 4 is 12.0 Å². The Labute approximate surface area is 102 Å². The van der Waals surface area contributed by atoms with E-state index in [0.717, 1.165) is 5.56 Å². The highest BCUT2D eigenvalue weighted by molar-refractivity contribution is 5.96. The van der Waals surface area contributed by atoms with Crippen LogP contribution in [0.15, 0.2) is 18.7 Å². The van der Waals surface area contributed by atoms with Crippen molar-refractivity contribution in [1.82, 2.24) is 4.90 Å². The molecule has 0 spiro atoms. The Bertz CT molecular complexity index is 436. The molecule has 0 atom stereocenters. The molecule has 0 aliphatic heterocycles. The van der Waals surface area contributed by atoms with Gasteiger partial charge in [0.25, 0.3) is 5.91 Å². The van der Waals surface area contributed by atoms with Gasteiger partial charge in [0.05, 0.1) is 0 Å². The summed E-state index contributed by atoms with van der Waals surface area (Å²) in [6, 6.07) is 2.95. The van der Waals surface area contributed by atoms with E-state index >= 15 is 0 Å². The monoisotopic (exact) mass is 235 g/mol. The summed E-state index contributed by atoms with van der Waals surface area (Å²) >= 11 is 0. The predicted octanol–water partition coefficient (Wildman–Crippen LogP) is 3.26. The van der Waals surface area contributed by atoms with E-state index in [-0.39, 0.29) is 5.91 Å². The normalized spacial score (nSPS) is 10.1. The lowest BCUT2D eigenvalue weighted by atomic mass is 10.0. The van der Waals surface area contributed by atoms with Crippen LogP contribution < -0.4 is 0 Å². The number of halogens is 1. The van der Waals surface area contributed by atoms with Crippen molar-refractivity contribution in [3.05, 3.63) is 41.2 Å². The van der Waals surface area contributed by atoms with E-state index in [4.69, 9.17) is 0 Å². The Morgan fingerprint density at radius 1 is 1.41 bits per heavy atom. The largest absolute Gasteiger partial charge is 0.339 e. The van der Waals surface area contributed by atoms with E-state index in [1.807, 2.05) is 20.8 Å². The summed E-state index contributed by atoms with van der Waals surface area (Å²) in [7, 11) is 0. The van der Waals surface area contributed by atoms with Crippen molar-refractivity contribution in [2.75, 3.05) is 13.1 Å². The van der Waals surface area contributed by atoms with Gasteiger partial charge in [-0.3, -0.25) is 4.79 Å². The van der Waals surface area contributed by atoms with Gasteiger partial charge in [0.2, 0.25) is 0 Å². The average molecular weight is 235 g/mol. The van der Waals surface area contributed by atoms with E-state index in [2.05, 4.69) is 6.58 Å². The first-order chi connectivity index (χ1) is 8.04. The van der Waals surface area contributed by atoms with Gasteiger partial charge in [-0.05, 0) is 38.5 Å². The van der Waals surface area contributed by atoms with E-state index in [1.165, 1.54) is 12.1 Å². The molecule has 0 fully saturated rings. The fraction of sp³-hybridized carbons (Fsp3) is 0.357. The molecule has 1 rings (SSSR count). The fourth-order valence-electron chi connectivity index (χ4n) is 1.77. The molecule has 0 aliphatic carbocycles. The SMILES string of the molecule is C=Cc1cc(C)c(C(=O)N(CC)CC)cc1F. The van der Waals surface area contributed by atoms with Crippen LogP contribution >= 0.6 is 0 Å². The number of carbonyl (C=O) groups excluding carboxylic acids is 1. The second-order valence-electron chi connectivity index (χ2n) is 3.87. The molecule has 1 aromatic rings. The molecular weight excluding hydrogens is 217 g/mol. The Hall–Kier alpha value is -1.64. The smallest absolute Gasteiger partial charge is 0.254 e. The average Bonchev–Trinajstić information content (AvgIpc) is 2.32. The summed E-state index contributed by atoms with van der Waals surface area (Å²) in [4.78, 5) is 13.8. The van der Waals surface area contributed by atoms with Gasteiger partial charge in [0.1, 0.15) is 5.82 Å². The number of hydrogen-bond donors (Lipinski definition) is 0. The standard InChI is InChI=1S/C14H18FNO/c1-5-11-8-10(4)12(9-13(11)15)14(17)16(6-2)7-3/h5,8-9H,1,6-7H2,2-4H3. The van der Waals surface area contributed by atoms with Crippen molar-refractivity contribution in [2.24, 2.45) is 0 Å². The number of rotatable bonds is 4. The first-order valence-electron chi connectivity index (χ1n) is 5.77. The lowest BCUT2D eigenvalue weighted by Gasteiger charge is -2.20. The Kier molecular flexibility index (Phi) is 4.44. The van der Waals surface area contributed by atoms with E-state index < -0.39 is 5.82 Å². The summed E-state index contributed by atoms with van der Waals surface area (Å²) in [6.07, 6.45) is 1.45. The summed E-state index contributed by atoms with van der Waals surface area (Å²) < 4.78 is 13.6. The lowest BCUT2D eigenvalue weighted by Crippen LogP contribution is -2.31. The molecule has 0 radical (unpaired) electrons. The maximum Gasteiger partial charge on any atom is 0.254 e. The molecule has 0 N–H and O–H groups in total. The van der Waals surface area contributed by atoms with Crippen LogP contribution in [-0.2, 0) is 0 Å². The minimum Gasteiger partial charge on any atom is -0.339 e. The molecule has 0 saturated heterocycles. The third-order valence-electron chi connectivity index (χ3n) is 2.84. The molecule has 1 aromatic carbocycles. The van der Waals surface area contributed by atoms with Crippen LogP contribution in [0.1, 0.15) is 35.3 Å². The molecule has 1 amide bonds. The summed E-state index contributed by atoms with van der Waals surface area (Å²) in [6.45, 7) is 10.4. The second-order valence-corrected chi connectivity index (χ2v) is 3.87.